The molecule has 0 aromatic carbocycles. The van der Waals surface area contributed by atoms with Gasteiger partial charge in [-0.05, 0) is 19.9 Å². The molecule has 0 spiro atoms. The first-order chi connectivity index (χ1) is 4.20. The molecule has 9 heavy (non-hydrogen) atoms. The quantitative estimate of drug-likeness (QED) is 0.482. The molecule has 1 aliphatic heterocycles. The van der Waals surface area contributed by atoms with E-state index in [1.807, 2.05) is 6.92 Å². The third-order valence-corrected chi connectivity index (χ3v) is 1.35. The van der Waals surface area contributed by atoms with Gasteiger partial charge in [-0.1, -0.05) is 6.08 Å². The number of carbonyl (C=O) groups is 1. The van der Waals surface area contributed by atoms with Crippen LogP contribution in [-0.2, 0) is 9.53 Å². The van der Waals surface area contributed by atoms with Gasteiger partial charge in [-0.3, -0.25) is 4.79 Å². The molecule has 1 rings (SSSR count). The second-order valence-electron chi connectivity index (χ2n) is 2.24. The molecule has 2 heteroatoms. The Morgan fingerprint density at radius 2 is 2.22 bits per heavy atom. The molecular formula is C7H10O2. The molecule has 2 nitrogen and oxygen atoms in total. The van der Waals surface area contributed by atoms with E-state index < -0.39 is 0 Å². The van der Waals surface area contributed by atoms with Gasteiger partial charge in [-0.2, -0.15) is 0 Å². The number of rotatable bonds is 0. The molecule has 0 fully saturated rings. The highest BCUT2D eigenvalue weighted by Crippen LogP contribution is 2.07. The Labute approximate surface area is 54.5 Å². The minimum Gasteiger partial charge on any atom is -0.363 e. The van der Waals surface area contributed by atoms with Gasteiger partial charge >= 0.3 is 0 Å². The highest BCUT2D eigenvalue weighted by molar-refractivity contribution is 5.93. The van der Waals surface area contributed by atoms with Crippen molar-refractivity contribution in [3.8, 4) is 0 Å². The molecule has 0 saturated carbocycles. The zero-order valence-corrected chi connectivity index (χ0v) is 5.63. The van der Waals surface area contributed by atoms with E-state index in [4.69, 9.17) is 4.74 Å². The Balaban J connectivity index is 2.65. The molecule has 0 aliphatic carbocycles. The maximum Gasteiger partial charge on any atom is 0.183 e. The fraction of sp³-hybridized carbons (Fsp3) is 0.571. The Hall–Kier alpha value is -0.630. The van der Waals surface area contributed by atoms with Crippen molar-refractivity contribution in [2.24, 2.45) is 0 Å². The highest BCUT2D eigenvalue weighted by Gasteiger charge is 2.16. The Morgan fingerprint density at radius 3 is 2.67 bits per heavy atom. The van der Waals surface area contributed by atoms with Crippen molar-refractivity contribution in [3.05, 3.63) is 12.2 Å². The van der Waals surface area contributed by atoms with Crippen LogP contribution in [0.15, 0.2) is 12.2 Å². The minimum absolute atomic E-state index is 0.0631. The summed E-state index contributed by atoms with van der Waals surface area (Å²) in [6, 6.07) is 0. The van der Waals surface area contributed by atoms with Crippen LogP contribution >= 0.6 is 0 Å². The van der Waals surface area contributed by atoms with Crippen molar-refractivity contribution in [1.29, 1.82) is 0 Å². The third-order valence-electron chi connectivity index (χ3n) is 1.35. The van der Waals surface area contributed by atoms with Crippen LogP contribution < -0.4 is 0 Å². The van der Waals surface area contributed by atoms with E-state index in [1.54, 1.807) is 19.1 Å². The lowest BCUT2D eigenvalue weighted by atomic mass is 10.1. The van der Waals surface area contributed by atoms with Crippen LogP contribution in [-0.4, -0.2) is 18.0 Å². The second kappa shape index (κ2) is 2.31. The first-order valence-corrected chi connectivity index (χ1v) is 3.07. The van der Waals surface area contributed by atoms with Crippen molar-refractivity contribution in [2.45, 2.75) is 26.1 Å². The lowest BCUT2D eigenvalue weighted by Gasteiger charge is -2.17. The van der Waals surface area contributed by atoms with Gasteiger partial charge in [0.25, 0.3) is 0 Å². The van der Waals surface area contributed by atoms with Crippen LogP contribution in [0.1, 0.15) is 13.8 Å². The first-order valence-electron chi connectivity index (χ1n) is 3.07. The van der Waals surface area contributed by atoms with Crippen LogP contribution in [0.4, 0.5) is 0 Å². The lowest BCUT2D eigenvalue weighted by molar-refractivity contribution is -0.127. The zero-order chi connectivity index (χ0) is 6.85. The van der Waals surface area contributed by atoms with Crippen LogP contribution in [0.3, 0.4) is 0 Å². The number of carbonyl (C=O) groups excluding carboxylic acids is 1. The normalized spacial score (nSPS) is 35.1. The van der Waals surface area contributed by atoms with E-state index in [0.717, 1.165) is 0 Å². The summed E-state index contributed by atoms with van der Waals surface area (Å²) >= 11 is 0. The molecule has 0 bridgehead atoms. The molecular weight excluding hydrogens is 116 g/mol. The molecule has 0 aromatic heterocycles. The fourth-order valence-corrected chi connectivity index (χ4v) is 0.800. The smallest absolute Gasteiger partial charge is 0.183 e. The van der Waals surface area contributed by atoms with E-state index in [-0.39, 0.29) is 18.0 Å². The minimum atomic E-state index is -0.245. The molecule has 0 N–H and O–H groups in total. The standard InChI is InChI=1S/C7H10O2/c1-5-3-4-7(8)6(2)9-5/h3-6H,1-2H3/t5-,6-/m0/s1. The van der Waals surface area contributed by atoms with E-state index >= 15 is 0 Å². The molecule has 0 amide bonds. The molecule has 0 aromatic rings. The van der Waals surface area contributed by atoms with Crippen molar-refractivity contribution < 1.29 is 9.53 Å². The SMILES string of the molecule is C[C@@H]1O[C@@H](C)C=CC1=O. The summed E-state index contributed by atoms with van der Waals surface area (Å²) in [5.41, 5.74) is 0. The average molecular weight is 126 g/mol. The Morgan fingerprint density at radius 1 is 1.56 bits per heavy atom. The summed E-state index contributed by atoms with van der Waals surface area (Å²) in [6.07, 6.45) is 3.20. The molecule has 0 radical (unpaired) electrons. The van der Waals surface area contributed by atoms with Crippen molar-refractivity contribution in [1.82, 2.24) is 0 Å². The number of hydrogen-bond donors (Lipinski definition) is 0. The van der Waals surface area contributed by atoms with E-state index in [2.05, 4.69) is 0 Å². The molecule has 0 unspecified atom stereocenters. The number of hydrogen-bond acceptors (Lipinski definition) is 2. The average Bonchev–Trinajstić information content (AvgIpc) is 1.80. The van der Waals surface area contributed by atoms with Gasteiger partial charge in [-0.15, -0.1) is 0 Å². The second-order valence-corrected chi connectivity index (χ2v) is 2.24. The van der Waals surface area contributed by atoms with Crippen molar-refractivity contribution in [2.75, 3.05) is 0 Å². The number of ketones is 1. The van der Waals surface area contributed by atoms with Crippen LogP contribution in [0.25, 0.3) is 0 Å². The largest absolute Gasteiger partial charge is 0.363 e. The fourth-order valence-electron chi connectivity index (χ4n) is 0.800. The third kappa shape index (κ3) is 1.39. The molecule has 50 valence electrons. The summed E-state index contributed by atoms with van der Waals surface area (Å²) in [5, 5.41) is 0. The van der Waals surface area contributed by atoms with Gasteiger partial charge in [0, 0.05) is 0 Å². The summed E-state index contributed by atoms with van der Waals surface area (Å²) in [7, 11) is 0. The van der Waals surface area contributed by atoms with Crippen LogP contribution in [0.2, 0.25) is 0 Å². The number of ether oxygens (including phenoxy) is 1. The molecule has 1 aliphatic rings. The molecule has 1 heterocycles. The van der Waals surface area contributed by atoms with Gasteiger partial charge < -0.3 is 4.74 Å². The van der Waals surface area contributed by atoms with Crippen molar-refractivity contribution in [3.63, 3.8) is 0 Å². The van der Waals surface area contributed by atoms with Gasteiger partial charge in [0.15, 0.2) is 5.78 Å². The highest BCUT2D eigenvalue weighted by atomic mass is 16.5. The summed E-state index contributed by atoms with van der Waals surface area (Å²) in [4.78, 5) is 10.7. The van der Waals surface area contributed by atoms with Gasteiger partial charge in [-0.25, -0.2) is 0 Å². The topological polar surface area (TPSA) is 26.3 Å². The van der Waals surface area contributed by atoms with Crippen molar-refractivity contribution >= 4 is 5.78 Å². The Kier molecular flexibility index (Phi) is 1.67. The molecule has 0 saturated heterocycles. The molecule has 2 atom stereocenters. The summed E-state index contributed by atoms with van der Waals surface area (Å²) in [6.45, 7) is 3.68. The van der Waals surface area contributed by atoms with Gasteiger partial charge in [0.05, 0.1) is 6.10 Å². The summed E-state index contributed by atoms with van der Waals surface area (Å²) in [5.74, 6) is 0.0631. The van der Waals surface area contributed by atoms with Crippen LogP contribution in [0.5, 0.6) is 0 Å². The van der Waals surface area contributed by atoms with Gasteiger partial charge in [0.2, 0.25) is 0 Å². The van der Waals surface area contributed by atoms with E-state index in [9.17, 15) is 4.79 Å². The zero-order valence-electron chi connectivity index (χ0n) is 5.63. The summed E-state index contributed by atoms with van der Waals surface area (Å²) < 4.78 is 5.16. The predicted octanol–water partition coefficient (Wildman–Crippen LogP) is 0.919. The maximum absolute atomic E-state index is 10.7. The maximum atomic E-state index is 10.7. The van der Waals surface area contributed by atoms with E-state index in [0.29, 0.717) is 0 Å². The van der Waals surface area contributed by atoms with Crippen LogP contribution in [0, 0.1) is 0 Å². The van der Waals surface area contributed by atoms with Gasteiger partial charge in [0.1, 0.15) is 6.10 Å². The lowest BCUT2D eigenvalue weighted by Crippen LogP contribution is -2.27. The predicted molar refractivity (Wildman–Crippen MR) is 34.2 cm³/mol. The monoisotopic (exact) mass is 126 g/mol. The van der Waals surface area contributed by atoms with E-state index in [1.165, 1.54) is 0 Å². The Bertz CT molecular complexity index is 149. The first kappa shape index (κ1) is 6.49.